The fourth-order valence-electron chi connectivity index (χ4n) is 3.83. The maximum absolute atomic E-state index is 4.81. The first kappa shape index (κ1) is 20.2. The highest BCUT2D eigenvalue weighted by atomic mass is 32.1. The molecule has 158 valence electrons. The standard InChI is InChI=1S/C26H23N5S/c1-17-13-22(18(2)29-17)24(20-11-7-4-8-12-20)30-31-25-23-15-21(32-26(23)28-16-27-25)14-19-9-5-3-6-10-19/h3-13,15-16,29H,14H2,1-2H3,(H,27,28,31). The maximum Gasteiger partial charge on any atom is 0.158 e. The van der Waals surface area contributed by atoms with Crippen LogP contribution in [0.1, 0.15) is 33.0 Å². The van der Waals surface area contributed by atoms with Crippen LogP contribution >= 0.6 is 11.3 Å². The van der Waals surface area contributed by atoms with E-state index in [1.165, 1.54) is 10.4 Å². The third-order valence-electron chi connectivity index (χ3n) is 5.33. The van der Waals surface area contributed by atoms with Crippen molar-refractivity contribution in [2.45, 2.75) is 20.3 Å². The first-order chi connectivity index (χ1) is 15.7. The van der Waals surface area contributed by atoms with Crippen LogP contribution in [-0.4, -0.2) is 20.7 Å². The van der Waals surface area contributed by atoms with Gasteiger partial charge in [-0.15, -0.1) is 11.3 Å². The molecule has 5 rings (SSSR count). The zero-order chi connectivity index (χ0) is 21.9. The molecule has 0 aliphatic carbocycles. The van der Waals surface area contributed by atoms with Gasteiger partial charge in [0.15, 0.2) is 5.82 Å². The van der Waals surface area contributed by atoms with Crippen LogP contribution in [0, 0.1) is 13.8 Å². The van der Waals surface area contributed by atoms with Crippen LogP contribution in [-0.2, 0) is 6.42 Å². The van der Waals surface area contributed by atoms with Crippen LogP contribution in [0.15, 0.2) is 84.2 Å². The molecule has 6 heteroatoms. The number of thiophene rings is 1. The lowest BCUT2D eigenvalue weighted by atomic mass is 10.0. The van der Waals surface area contributed by atoms with E-state index in [-0.39, 0.29) is 0 Å². The van der Waals surface area contributed by atoms with Gasteiger partial charge in [-0.05, 0) is 31.5 Å². The second-order valence-electron chi connectivity index (χ2n) is 7.75. The Bertz CT molecular complexity index is 1380. The van der Waals surface area contributed by atoms with Crippen molar-refractivity contribution in [3.8, 4) is 0 Å². The molecule has 32 heavy (non-hydrogen) atoms. The fraction of sp³-hybridized carbons (Fsp3) is 0.115. The van der Waals surface area contributed by atoms with Gasteiger partial charge in [-0.25, -0.2) is 9.97 Å². The Morgan fingerprint density at radius 3 is 2.44 bits per heavy atom. The third kappa shape index (κ3) is 4.18. The molecule has 0 saturated carbocycles. The van der Waals surface area contributed by atoms with Crippen LogP contribution < -0.4 is 5.43 Å². The summed E-state index contributed by atoms with van der Waals surface area (Å²) in [6.45, 7) is 4.12. The highest BCUT2D eigenvalue weighted by Crippen LogP contribution is 2.30. The molecule has 0 aliphatic rings. The van der Waals surface area contributed by atoms with Crippen molar-refractivity contribution in [2.24, 2.45) is 5.10 Å². The van der Waals surface area contributed by atoms with Gasteiger partial charge in [-0.3, -0.25) is 5.43 Å². The number of anilines is 1. The largest absolute Gasteiger partial charge is 0.362 e. The molecule has 5 nitrogen and oxygen atoms in total. The lowest BCUT2D eigenvalue weighted by Gasteiger charge is -2.08. The van der Waals surface area contributed by atoms with Crippen LogP contribution in [0.4, 0.5) is 5.82 Å². The summed E-state index contributed by atoms with van der Waals surface area (Å²) in [5.41, 5.74) is 9.69. The van der Waals surface area contributed by atoms with Gasteiger partial charge >= 0.3 is 0 Å². The summed E-state index contributed by atoms with van der Waals surface area (Å²) in [6, 6.07) is 25.0. The molecule has 0 spiro atoms. The SMILES string of the molecule is Cc1cc(C(=NNc2ncnc3sc(Cc4ccccc4)cc23)c2ccccc2)c(C)[nH]1. The number of nitrogens with one attached hydrogen (secondary N) is 2. The van der Waals surface area contributed by atoms with Crippen molar-refractivity contribution in [2.75, 3.05) is 5.43 Å². The minimum Gasteiger partial charge on any atom is -0.362 e. The van der Waals surface area contributed by atoms with E-state index in [0.717, 1.165) is 44.9 Å². The van der Waals surface area contributed by atoms with Crippen molar-refractivity contribution < 1.29 is 0 Å². The van der Waals surface area contributed by atoms with Crippen molar-refractivity contribution in [3.05, 3.63) is 112 Å². The van der Waals surface area contributed by atoms with Crippen LogP contribution in [0.2, 0.25) is 0 Å². The number of nitrogens with zero attached hydrogens (tertiary/aromatic N) is 3. The van der Waals surface area contributed by atoms with Gasteiger partial charge in [-0.1, -0.05) is 60.7 Å². The molecular weight excluding hydrogens is 414 g/mol. The average Bonchev–Trinajstić information content (AvgIpc) is 3.37. The molecule has 2 aromatic carbocycles. The fourth-order valence-corrected chi connectivity index (χ4v) is 4.86. The van der Waals surface area contributed by atoms with E-state index in [1.54, 1.807) is 17.7 Å². The number of rotatable bonds is 6. The highest BCUT2D eigenvalue weighted by molar-refractivity contribution is 7.18. The number of hydrazone groups is 1. The number of hydrogen-bond acceptors (Lipinski definition) is 5. The number of H-pyrrole nitrogens is 1. The quantitative estimate of drug-likeness (QED) is 0.249. The Labute approximate surface area is 190 Å². The number of aromatic nitrogens is 3. The van der Waals surface area contributed by atoms with Crippen LogP contribution in [0.3, 0.4) is 0 Å². The minimum absolute atomic E-state index is 0.712. The Morgan fingerprint density at radius 1 is 0.969 bits per heavy atom. The molecule has 2 N–H and O–H groups in total. The second kappa shape index (κ2) is 8.77. The molecule has 0 atom stereocenters. The predicted molar refractivity (Wildman–Crippen MR) is 133 cm³/mol. The van der Waals surface area contributed by atoms with Gasteiger partial charge in [0.2, 0.25) is 0 Å². The number of hydrogen-bond donors (Lipinski definition) is 2. The Kier molecular flexibility index (Phi) is 5.52. The van der Waals surface area contributed by atoms with Gasteiger partial charge < -0.3 is 4.98 Å². The first-order valence-electron chi connectivity index (χ1n) is 10.5. The summed E-state index contributed by atoms with van der Waals surface area (Å²) in [5, 5.41) is 5.80. The molecule has 0 fully saturated rings. The molecular formula is C26H23N5S. The second-order valence-corrected chi connectivity index (χ2v) is 8.86. The first-order valence-corrected chi connectivity index (χ1v) is 11.3. The van der Waals surface area contributed by atoms with E-state index in [4.69, 9.17) is 5.10 Å². The van der Waals surface area contributed by atoms with Crippen LogP contribution in [0.5, 0.6) is 0 Å². The number of fused-ring (bicyclic) bond motifs is 1. The van der Waals surface area contributed by atoms with Gasteiger partial charge in [0.25, 0.3) is 0 Å². The molecule has 3 aromatic heterocycles. The number of aromatic amines is 1. The molecule has 0 saturated heterocycles. The van der Waals surface area contributed by atoms with E-state index >= 15 is 0 Å². The molecule has 0 aliphatic heterocycles. The molecule has 0 radical (unpaired) electrons. The number of aryl methyl sites for hydroxylation is 2. The lowest BCUT2D eigenvalue weighted by molar-refractivity contribution is 1.17. The topological polar surface area (TPSA) is 66.0 Å². The number of benzene rings is 2. The summed E-state index contributed by atoms with van der Waals surface area (Å²) in [5.74, 6) is 0.712. The normalized spacial score (nSPS) is 11.8. The monoisotopic (exact) mass is 437 g/mol. The van der Waals surface area contributed by atoms with Gasteiger partial charge in [0, 0.05) is 33.8 Å². The summed E-state index contributed by atoms with van der Waals surface area (Å²) < 4.78 is 0. The third-order valence-corrected chi connectivity index (χ3v) is 6.37. The Morgan fingerprint density at radius 2 is 1.72 bits per heavy atom. The summed E-state index contributed by atoms with van der Waals surface area (Å²) in [4.78, 5) is 14.5. The van der Waals surface area contributed by atoms with Gasteiger partial charge in [0.05, 0.1) is 11.1 Å². The zero-order valence-corrected chi connectivity index (χ0v) is 18.8. The van der Waals surface area contributed by atoms with Crippen molar-refractivity contribution in [3.63, 3.8) is 0 Å². The van der Waals surface area contributed by atoms with Crippen molar-refractivity contribution >= 4 is 33.1 Å². The summed E-state index contributed by atoms with van der Waals surface area (Å²) >= 11 is 1.69. The predicted octanol–water partition coefficient (Wildman–Crippen LogP) is 6.09. The maximum atomic E-state index is 4.81. The van der Waals surface area contributed by atoms with E-state index in [2.05, 4.69) is 82.8 Å². The smallest absolute Gasteiger partial charge is 0.158 e. The van der Waals surface area contributed by atoms with E-state index in [1.807, 2.05) is 24.3 Å². The average molecular weight is 438 g/mol. The molecule has 0 bridgehead atoms. The Hall–Kier alpha value is -3.77. The molecule has 5 aromatic rings. The van der Waals surface area contributed by atoms with Crippen molar-refractivity contribution in [1.82, 2.24) is 15.0 Å². The summed E-state index contributed by atoms with van der Waals surface area (Å²) in [7, 11) is 0. The highest BCUT2D eigenvalue weighted by Gasteiger charge is 2.14. The molecule has 0 amide bonds. The van der Waals surface area contributed by atoms with Crippen LogP contribution in [0.25, 0.3) is 10.2 Å². The van der Waals surface area contributed by atoms with E-state index < -0.39 is 0 Å². The van der Waals surface area contributed by atoms with Gasteiger partial charge in [0.1, 0.15) is 11.2 Å². The molecule has 3 heterocycles. The zero-order valence-electron chi connectivity index (χ0n) is 18.0. The molecule has 0 unspecified atom stereocenters. The van der Waals surface area contributed by atoms with E-state index in [0.29, 0.717) is 5.82 Å². The Balaban J connectivity index is 1.51. The summed E-state index contributed by atoms with van der Waals surface area (Å²) in [6.07, 6.45) is 2.47. The van der Waals surface area contributed by atoms with Gasteiger partial charge in [-0.2, -0.15) is 5.10 Å². The van der Waals surface area contributed by atoms with Crippen molar-refractivity contribution in [1.29, 1.82) is 0 Å². The lowest BCUT2D eigenvalue weighted by Crippen LogP contribution is -2.08. The minimum atomic E-state index is 0.712. The van der Waals surface area contributed by atoms with E-state index in [9.17, 15) is 0 Å².